The number of benzene rings is 1. The van der Waals surface area contributed by atoms with Gasteiger partial charge in [0.2, 0.25) is 11.9 Å². The van der Waals surface area contributed by atoms with Crippen LogP contribution in [0.25, 0.3) is 0 Å². The summed E-state index contributed by atoms with van der Waals surface area (Å²) in [6.07, 6.45) is 1.12. The van der Waals surface area contributed by atoms with E-state index in [1.165, 1.54) is 7.11 Å². The molecule has 2 aromatic rings. The number of rotatable bonds is 7. The molecule has 1 aromatic heterocycles. The first-order chi connectivity index (χ1) is 17.7. The topological polar surface area (TPSA) is 140 Å². The Labute approximate surface area is 224 Å². The fourth-order valence-corrected chi connectivity index (χ4v) is 5.30. The van der Waals surface area contributed by atoms with E-state index in [4.69, 9.17) is 27.9 Å². The van der Waals surface area contributed by atoms with Crippen molar-refractivity contribution >= 4 is 47.0 Å². The van der Waals surface area contributed by atoms with Gasteiger partial charge in [-0.2, -0.15) is 4.98 Å². The van der Waals surface area contributed by atoms with E-state index in [-0.39, 0.29) is 18.5 Å². The van der Waals surface area contributed by atoms with Crippen molar-refractivity contribution in [2.24, 2.45) is 0 Å². The third-order valence-corrected chi connectivity index (χ3v) is 7.30. The van der Waals surface area contributed by atoms with E-state index >= 15 is 0 Å². The summed E-state index contributed by atoms with van der Waals surface area (Å²) >= 11 is 12.4. The normalized spacial score (nSPS) is 22.5. The van der Waals surface area contributed by atoms with E-state index < -0.39 is 24.3 Å². The Morgan fingerprint density at radius 3 is 2.70 bits per heavy atom. The third kappa shape index (κ3) is 6.11. The molecule has 200 valence electrons. The van der Waals surface area contributed by atoms with Crippen LogP contribution in [0.2, 0.25) is 10.0 Å². The number of methoxy groups -OCH3 is 1. The van der Waals surface area contributed by atoms with E-state index in [1.54, 1.807) is 18.3 Å². The molecule has 0 bridgehead atoms. The van der Waals surface area contributed by atoms with Crippen LogP contribution in [0.4, 0.5) is 16.6 Å². The van der Waals surface area contributed by atoms with Gasteiger partial charge in [-0.25, -0.2) is 9.78 Å². The quantitative estimate of drug-likeness (QED) is 0.407. The summed E-state index contributed by atoms with van der Waals surface area (Å²) < 4.78 is 5.43. The molecule has 0 spiro atoms. The standard InChI is InChI=1S/C24H30Cl2N6O5/c1-13(15-6-5-14(25)10-16(15)26)28-21-20(37-2)11-27-23(30-21)31-9-7-17(19(33)12-31)29-22(34)18-4-3-8-32(18)24(35)36/h5-6,10-11,13,17-19,33H,3-4,7-9,12H2,1-2H3,(H,29,34)(H,35,36)(H,27,28,30)/t13-,17+,18-,19+/m1/s1. The summed E-state index contributed by atoms with van der Waals surface area (Å²) in [6, 6.07) is 3.84. The number of amides is 2. The maximum Gasteiger partial charge on any atom is 0.407 e. The van der Waals surface area contributed by atoms with Gasteiger partial charge in [-0.15, -0.1) is 0 Å². The number of likely N-dealkylation sites (tertiary alicyclic amines) is 1. The summed E-state index contributed by atoms with van der Waals surface area (Å²) in [5, 5.41) is 27.3. The summed E-state index contributed by atoms with van der Waals surface area (Å²) in [4.78, 5) is 36.1. The number of piperidine rings is 1. The first kappa shape index (κ1) is 27.0. The zero-order valence-corrected chi connectivity index (χ0v) is 22.0. The Morgan fingerprint density at radius 1 is 1.24 bits per heavy atom. The first-order valence-corrected chi connectivity index (χ1v) is 12.8. The number of carbonyl (C=O) groups is 2. The lowest BCUT2D eigenvalue weighted by Crippen LogP contribution is -2.57. The molecule has 4 N–H and O–H groups in total. The number of nitrogens with zero attached hydrogens (tertiary/aromatic N) is 4. The van der Waals surface area contributed by atoms with E-state index in [1.807, 2.05) is 17.9 Å². The maximum absolute atomic E-state index is 12.7. The number of hydrogen-bond acceptors (Lipinski definition) is 8. The molecule has 3 heterocycles. The fraction of sp³-hybridized carbons (Fsp3) is 0.500. The summed E-state index contributed by atoms with van der Waals surface area (Å²) in [5.74, 6) is 0.933. The molecular weight excluding hydrogens is 523 g/mol. The van der Waals surface area contributed by atoms with Crippen molar-refractivity contribution < 1.29 is 24.5 Å². The Balaban J connectivity index is 1.42. The molecular formula is C24H30Cl2N6O5. The highest BCUT2D eigenvalue weighted by Gasteiger charge is 2.37. The van der Waals surface area contributed by atoms with E-state index in [0.717, 1.165) is 10.5 Å². The summed E-state index contributed by atoms with van der Waals surface area (Å²) in [6.45, 7) is 2.95. The van der Waals surface area contributed by atoms with Gasteiger partial charge >= 0.3 is 6.09 Å². The van der Waals surface area contributed by atoms with Crippen LogP contribution in [0, 0.1) is 0 Å². The lowest BCUT2D eigenvalue weighted by molar-refractivity contribution is -0.126. The molecule has 4 atom stereocenters. The van der Waals surface area contributed by atoms with Crippen molar-refractivity contribution in [2.75, 3.05) is 37.0 Å². The number of halogens is 2. The van der Waals surface area contributed by atoms with Gasteiger partial charge in [0.05, 0.1) is 31.5 Å². The van der Waals surface area contributed by atoms with Crippen LogP contribution < -0.4 is 20.3 Å². The minimum Gasteiger partial charge on any atom is -0.491 e. The van der Waals surface area contributed by atoms with Crippen molar-refractivity contribution in [3.05, 3.63) is 40.0 Å². The molecule has 2 aliphatic rings. The predicted molar refractivity (Wildman–Crippen MR) is 140 cm³/mol. The number of nitrogens with one attached hydrogen (secondary N) is 2. The average Bonchev–Trinajstić information content (AvgIpc) is 3.36. The lowest BCUT2D eigenvalue weighted by Gasteiger charge is -2.37. The monoisotopic (exact) mass is 552 g/mol. The SMILES string of the molecule is COc1cnc(N2CC[C@H](NC(=O)[C@H]3CCCN3C(=O)O)[C@@H](O)C2)nc1N[C@H](C)c1ccc(Cl)cc1Cl. The lowest BCUT2D eigenvalue weighted by atomic mass is 10.0. The molecule has 13 heteroatoms. The zero-order chi connectivity index (χ0) is 26.7. The highest BCUT2D eigenvalue weighted by Crippen LogP contribution is 2.32. The Bertz CT molecular complexity index is 1150. The molecule has 1 aromatic carbocycles. The highest BCUT2D eigenvalue weighted by molar-refractivity contribution is 6.35. The highest BCUT2D eigenvalue weighted by atomic mass is 35.5. The van der Waals surface area contributed by atoms with Crippen molar-refractivity contribution in [3.63, 3.8) is 0 Å². The van der Waals surface area contributed by atoms with Crippen LogP contribution in [-0.4, -0.2) is 82.0 Å². The molecule has 0 radical (unpaired) electrons. The summed E-state index contributed by atoms with van der Waals surface area (Å²) in [7, 11) is 1.53. The van der Waals surface area contributed by atoms with E-state index in [0.29, 0.717) is 59.9 Å². The van der Waals surface area contributed by atoms with E-state index in [9.17, 15) is 19.8 Å². The van der Waals surface area contributed by atoms with Crippen molar-refractivity contribution in [1.29, 1.82) is 0 Å². The molecule has 0 unspecified atom stereocenters. The molecule has 4 rings (SSSR count). The van der Waals surface area contributed by atoms with Gasteiger partial charge < -0.3 is 30.5 Å². The van der Waals surface area contributed by atoms with Crippen LogP contribution >= 0.6 is 23.2 Å². The number of aromatic nitrogens is 2. The second kappa shape index (κ2) is 11.6. The minimum atomic E-state index is -1.11. The van der Waals surface area contributed by atoms with Gasteiger partial charge in [0.25, 0.3) is 0 Å². The van der Waals surface area contributed by atoms with Crippen LogP contribution in [0.3, 0.4) is 0 Å². The number of aliphatic hydroxyl groups excluding tert-OH is 1. The largest absolute Gasteiger partial charge is 0.491 e. The zero-order valence-electron chi connectivity index (χ0n) is 20.5. The van der Waals surface area contributed by atoms with Crippen LogP contribution in [-0.2, 0) is 4.79 Å². The maximum atomic E-state index is 12.7. The molecule has 2 amide bonds. The number of carboxylic acid groups (broad SMARTS) is 1. The van der Waals surface area contributed by atoms with Gasteiger partial charge in [0.15, 0.2) is 11.6 Å². The number of aliphatic hydroxyl groups is 1. The number of β-amino-alcohol motifs (C(OH)–C–C–N with tert-alkyl or cyclic N) is 1. The predicted octanol–water partition coefficient (Wildman–Crippen LogP) is 3.16. The van der Waals surface area contributed by atoms with Gasteiger partial charge in [-0.1, -0.05) is 29.3 Å². The Morgan fingerprint density at radius 2 is 2.03 bits per heavy atom. The fourth-order valence-electron chi connectivity index (χ4n) is 4.73. The van der Waals surface area contributed by atoms with Crippen molar-refractivity contribution in [1.82, 2.24) is 20.2 Å². The van der Waals surface area contributed by atoms with Crippen LogP contribution in [0.1, 0.15) is 37.8 Å². The Hall–Kier alpha value is -3.02. The smallest absolute Gasteiger partial charge is 0.407 e. The molecule has 2 fully saturated rings. The number of carbonyl (C=O) groups excluding carboxylic acids is 1. The second-order valence-corrected chi connectivity index (χ2v) is 10.0. The number of ether oxygens (including phenoxy) is 1. The van der Waals surface area contributed by atoms with E-state index in [2.05, 4.69) is 20.6 Å². The molecule has 0 saturated carbocycles. The Kier molecular flexibility index (Phi) is 8.46. The molecule has 2 aliphatic heterocycles. The second-order valence-electron chi connectivity index (χ2n) is 9.17. The van der Waals surface area contributed by atoms with Crippen LogP contribution in [0.15, 0.2) is 24.4 Å². The van der Waals surface area contributed by atoms with Crippen molar-refractivity contribution in [3.8, 4) is 5.75 Å². The van der Waals surface area contributed by atoms with Gasteiger partial charge in [-0.05, 0) is 43.9 Å². The minimum absolute atomic E-state index is 0.197. The molecule has 2 saturated heterocycles. The first-order valence-electron chi connectivity index (χ1n) is 12.0. The van der Waals surface area contributed by atoms with Gasteiger partial charge in [-0.3, -0.25) is 9.69 Å². The van der Waals surface area contributed by atoms with Gasteiger partial charge in [0, 0.05) is 29.7 Å². The molecule has 37 heavy (non-hydrogen) atoms. The number of hydrogen-bond donors (Lipinski definition) is 4. The molecule has 0 aliphatic carbocycles. The summed E-state index contributed by atoms with van der Waals surface area (Å²) in [5.41, 5.74) is 0.837. The average molecular weight is 553 g/mol. The number of anilines is 2. The molecule has 11 nitrogen and oxygen atoms in total. The van der Waals surface area contributed by atoms with Crippen LogP contribution in [0.5, 0.6) is 5.75 Å². The van der Waals surface area contributed by atoms with Crippen molar-refractivity contribution in [2.45, 2.75) is 50.4 Å². The van der Waals surface area contributed by atoms with Gasteiger partial charge in [0.1, 0.15) is 6.04 Å². The third-order valence-electron chi connectivity index (χ3n) is 6.74.